The van der Waals surface area contributed by atoms with Crippen molar-refractivity contribution in [1.82, 2.24) is 5.32 Å². The average Bonchev–Trinajstić information content (AvgIpc) is 3.30. The highest BCUT2D eigenvalue weighted by atomic mass is 16.6. The molecule has 3 aliphatic heterocycles. The fraction of sp³-hybridized carbons (Fsp3) is 0.474. The lowest BCUT2D eigenvalue weighted by molar-refractivity contribution is -0.167. The van der Waals surface area contributed by atoms with Gasteiger partial charge in [0.25, 0.3) is 0 Å². The lowest BCUT2D eigenvalue weighted by Gasteiger charge is -2.14. The number of aliphatic carboxylic acids is 2. The van der Waals surface area contributed by atoms with Gasteiger partial charge < -0.3 is 25.4 Å². The molecule has 2 unspecified atom stereocenters. The van der Waals surface area contributed by atoms with Crippen molar-refractivity contribution < 1.29 is 58.0 Å². The predicted octanol–water partition coefficient (Wildman–Crippen LogP) is -1.20. The number of esters is 4. The molecule has 0 aromatic rings. The Hall–Kier alpha value is -3.94. The summed E-state index contributed by atoms with van der Waals surface area (Å²) in [5.41, 5.74) is 5.00. The summed E-state index contributed by atoms with van der Waals surface area (Å²) >= 11 is 0. The van der Waals surface area contributed by atoms with Crippen LogP contribution >= 0.6 is 0 Å². The second-order valence-electron chi connectivity index (χ2n) is 6.65. The van der Waals surface area contributed by atoms with Crippen LogP contribution in [0.2, 0.25) is 0 Å². The minimum absolute atomic E-state index is 0.0231. The summed E-state index contributed by atoms with van der Waals surface area (Å²) in [7, 11) is 0. The van der Waals surface area contributed by atoms with E-state index in [1.54, 1.807) is 6.92 Å². The third-order valence-electron chi connectivity index (χ3n) is 3.80. The molecule has 2 fully saturated rings. The van der Waals surface area contributed by atoms with Crippen LogP contribution in [0.1, 0.15) is 45.4 Å². The van der Waals surface area contributed by atoms with E-state index in [4.69, 9.17) is 15.9 Å². The Morgan fingerprint density at radius 1 is 1.00 bits per heavy atom. The van der Waals surface area contributed by atoms with Crippen molar-refractivity contribution >= 4 is 47.6 Å². The molecule has 0 bridgehead atoms. The molecule has 33 heavy (non-hydrogen) atoms. The van der Waals surface area contributed by atoms with E-state index in [9.17, 15) is 38.4 Å². The maximum atomic E-state index is 10.6. The quantitative estimate of drug-likeness (QED) is 0.214. The zero-order chi connectivity index (χ0) is 25.6. The van der Waals surface area contributed by atoms with Crippen LogP contribution in [-0.2, 0) is 47.8 Å². The van der Waals surface area contributed by atoms with Crippen LogP contribution in [0.5, 0.6) is 0 Å². The van der Waals surface area contributed by atoms with Gasteiger partial charge in [0, 0.05) is 37.8 Å². The number of hydrogen-bond donors (Lipinski definition) is 4. The van der Waals surface area contributed by atoms with Crippen molar-refractivity contribution in [3.8, 4) is 0 Å². The molecule has 0 spiro atoms. The van der Waals surface area contributed by atoms with Crippen molar-refractivity contribution in [2.45, 2.75) is 51.5 Å². The molecular weight excluding hydrogens is 448 g/mol. The summed E-state index contributed by atoms with van der Waals surface area (Å²) < 4.78 is 8.29. The number of imide groups is 1. The number of nitrogens with two attached hydrogens (primary N) is 1. The molecule has 0 radical (unpaired) electrons. The van der Waals surface area contributed by atoms with Gasteiger partial charge in [0.1, 0.15) is 6.04 Å². The van der Waals surface area contributed by atoms with Crippen LogP contribution < -0.4 is 11.1 Å². The Kier molecular flexibility index (Phi) is 13.2. The molecule has 182 valence electrons. The second kappa shape index (κ2) is 15.0. The van der Waals surface area contributed by atoms with Gasteiger partial charge in [-0.15, -0.1) is 0 Å². The molecule has 2 saturated heterocycles. The van der Waals surface area contributed by atoms with E-state index in [1.807, 2.05) is 0 Å². The Morgan fingerprint density at radius 3 is 1.79 bits per heavy atom. The maximum absolute atomic E-state index is 10.6. The van der Waals surface area contributed by atoms with E-state index in [0.717, 1.165) is 12.2 Å². The Balaban J connectivity index is 0.000000418. The molecule has 2 amide bonds. The van der Waals surface area contributed by atoms with Crippen LogP contribution in [-0.4, -0.2) is 63.9 Å². The third-order valence-corrected chi connectivity index (χ3v) is 3.80. The Morgan fingerprint density at radius 2 is 1.52 bits per heavy atom. The smallest absolute Gasteiger partial charge is 0.338 e. The molecular formula is C19H24N2O12. The molecule has 0 aliphatic carbocycles. The largest absolute Gasteiger partial charge is 0.481 e. The minimum Gasteiger partial charge on any atom is -0.481 e. The fourth-order valence-electron chi connectivity index (χ4n) is 1.93. The van der Waals surface area contributed by atoms with Gasteiger partial charge in [-0.2, -0.15) is 0 Å². The first-order valence-corrected chi connectivity index (χ1v) is 9.53. The van der Waals surface area contributed by atoms with E-state index < -0.39 is 35.9 Å². The summed E-state index contributed by atoms with van der Waals surface area (Å²) in [5, 5.41) is 18.4. The number of ether oxygens (including phenoxy) is 2. The first-order valence-electron chi connectivity index (χ1n) is 9.53. The zero-order valence-corrected chi connectivity index (χ0v) is 17.6. The highest BCUT2D eigenvalue weighted by Crippen LogP contribution is 2.14. The summed E-state index contributed by atoms with van der Waals surface area (Å²) in [5.74, 6) is -4.52. The van der Waals surface area contributed by atoms with E-state index in [0.29, 0.717) is 25.7 Å². The standard InChI is InChI=1S/C6H8O3.C5H9NO4.C4H5NO2.C4H2O3/c1-4-2-3-5(7)9-6(4)8;6-3(5(9)10)1-2-4(7)8;6-3-1-2-4(7)5-3;5-3-1-2-4(6)7-3/h4H,2-3H2,1H3;3H,1-2,6H2,(H,7,8)(H,9,10);1-2H2,(H,5,6,7);1-2H. The molecule has 14 nitrogen and oxygen atoms in total. The van der Waals surface area contributed by atoms with Crippen LogP contribution in [0.15, 0.2) is 12.2 Å². The normalized spacial score (nSPS) is 19.4. The topological polar surface area (TPSA) is 234 Å². The van der Waals surface area contributed by atoms with Crippen molar-refractivity contribution in [1.29, 1.82) is 0 Å². The number of hydrogen-bond acceptors (Lipinski definition) is 11. The lowest BCUT2D eigenvalue weighted by Crippen LogP contribution is -2.30. The first kappa shape index (κ1) is 29.1. The summed E-state index contributed by atoms with van der Waals surface area (Å²) in [6.07, 6.45) is 3.71. The van der Waals surface area contributed by atoms with Gasteiger partial charge in [-0.3, -0.25) is 34.1 Å². The third kappa shape index (κ3) is 14.7. The molecule has 0 aromatic carbocycles. The number of carboxylic acids is 2. The second-order valence-corrected chi connectivity index (χ2v) is 6.65. The molecule has 3 aliphatic rings. The number of carbonyl (C=O) groups is 8. The van der Waals surface area contributed by atoms with Gasteiger partial charge >= 0.3 is 35.8 Å². The maximum Gasteiger partial charge on any atom is 0.338 e. The number of carboxylic acid groups (broad SMARTS) is 2. The van der Waals surface area contributed by atoms with Gasteiger partial charge in [0.05, 0.1) is 5.92 Å². The Bertz CT molecular complexity index is 803. The molecule has 5 N–H and O–H groups in total. The molecule has 14 heteroatoms. The SMILES string of the molecule is CC1CCC(=O)OC1=O.NC(CCC(=O)O)C(=O)O.O=C1C=CC(=O)O1.O=C1CCC(=O)N1. The van der Waals surface area contributed by atoms with E-state index >= 15 is 0 Å². The van der Waals surface area contributed by atoms with E-state index in [2.05, 4.69) is 14.8 Å². The fourth-order valence-corrected chi connectivity index (χ4v) is 1.93. The molecule has 3 rings (SSSR count). The van der Waals surface area contributed by atoms with Gasteiger partial charge in [0.2, 0.25) is 11.8 Å². The van der Waals surface area contributed by atoms with Gasteiger partial charge in [-0.25, -0.2) is 9.59 Å². The first-order chi connectivity index (χ1) is 15.3. The highest BCUT2D eigenvalue weighted by Gasteiger charge is 2.24. The van der Waals surface area contributed by atoms with Crippen LogP contribution in [0, 0.1) is 5.92 Å². The number of amides is 2. The van der Waals surface area contributed by atoms with Crippen LogP contribution in [0.4, 0.5) is 0 Å². The number of nitrogens with one attached hydrogen (secondary N) is 1. The van der Waals surface area contributed by atoms with Gasteiger partial charge in [-0.1, -0.05) is 6.92 Å². The van der Waals surface area contributed by atoms with Gasteiger partial charge in [0.15, 0.2) is 0 Å². The Labute approximate surface area is 187 Å². The molecule has 3 heterocycles. The summed E-state index contributed by atoms with van der Waals surface area (Å²) in [4.78, 5) is 80.9. The summed E-state index contributed by atoms with van der Waals surface area (Å²) in [6.45, 7) is 1.76. The average molecular weight is 472 g/mol. The van der Waals surface area contributed by atoms with E-state index in [1.165, 1.54) is 0 Å². The van der Waals surface area contributed by atoms with Crippen molar-refractivity contribution in [2.75, 3.05) is 0 Å². The summed E-state index contributed by atoms with van der Waals surface area (Å²) in [6, 6.07) is -1.06. The van der Waals surface area contributed by atoms with Crippen LogP contribution in [0.3, 0.4) is 0 Å². The van der Waals surface area contributed by atoms with Gasteiger partial charge in [-0.05, 0) is 12.8 Å². The number of cyclic esters (lactones) is 4. The van der Waals surface area contributed by atoms with Crippen LogP contribution in [0.25, 0.3) is 0 Å². The molecule has 0 saturated carbocycles. The van der Waals surface area contributed by atoms with Crippen molar-refractivity contribution in [2.24, 2.45) is 11.7 Å². The predicted molar refractivity (Wildman–Crippen MR) is 105 cm³/mol. The monoisotopic (exact) mass is 472 g/mol. The lowest BCUT2D eigenvalue weighted by atomic mass is 10.0. The highest BCUT2D eigenvalue weighted by molar-refractivity contribution is 6.05. The number of carbonyl (C=O) groups excluding carboxylic acids is 6. The zero-order valence-electron chi connectivity index (χ0n) is 17.6. The number of rotatable bonds is 4. The van der Waals surface area contributed by atoms with Crippen molar-refractivity contribution in [3.05, 3.63) is 12.2 Å². The molecule has 2 atom stereocenters. The minimum atomic E-state index is -1.17. The molecule has 0 aromatic heterocycles. The van der Waals surface area contributed by atoms with Crippen molar-refractivity contribution in [3.63, 3.8) is 0 Å². The van der Waals surface area contributed by atoms with E-state index in [-0.39, 0.29) is 36.5 Å².